The second-order valence-corrected chi connectivity index (χ2v) is 19.4. The van der Waals surface area contributed by atoms with Gasteiger partial charge >= 0.3 is 0 Å². The Hall–Kier alpha value is -4.22. The van der Waals surface area contributed by atoms with E-state index in [0.29, 0.717) is 17.6 Å². The molecular weight excluding hydrogens is 670 g/mol. The Morgan fingerprint density at radius 2 is 1.02 bits per heavy atom. The predicted octanol–water partition coefficient (Wildman–Crippen LogP) is 9.10. The Morgan fingerprint density at radius 3 is 1.54 bits per heavy atom. The molecule has 0 saturated heterocycles. The zero-order valence-corrected chi connectivity index (χ0v) is 32.5. The Labute approximate surface area is 312 Å². The van der Waals surface area contributed by atoms with Gasteiger partial charge in [-0.1, -0.05) is 162 Å². The van der Waals surface area contributed by atoms with E-state index in [4.69, 9.17) is 4.74 Å². The molecule has 1 N–H and O–H groups in total. The van der Waals surface area contributed by atoms with Gasteiger partial charge in [0.05, 0.1) is 0 Å². The molecule has 8 rings (SSSR count). The van der Waals surface area contributed by atoms with E-state index in [9.17, 15) is 5.11 Å². The van der Waals surface area contributed by atoms with E-state index in [1.165, 1.54) is 67.2 Å². The molecule has 1 heterocycles. The topological polar surface area (TPSA) is 29.5 Å². The summed E-state index contributed by atoms with van der Waals surface area (Å²) < 4.78 is 7.34. The van der Waals surface area contributed by atoms with E-state index in [1.54, 1.807) is 0 Å². The number of phenols is 1. The van der Waals surface area contributed by atoms with E-state index in [2.05, 4.69) is 161 Å². The number of phenolic OH excluding ortho intramolecular Hbond substituents is 1. The fourth-order valence-corrected chi connectivity index (χ4v) is 13.0. The van der Waals surface area contributed by atoms with Gasteiger partial charge in [-0.2, -0.15) is 0 Å². The quantitative estimate of drug-likeness (QED) is 0.159. The van der Waals surface area contributed by atoms with Crippen molar-refractivity contribution in [3.63, 3.8) is 0 Å². The standard InChI is InChI=1S/C48H48O2P2/c1-32-14-22-40(23-15-32)51(41-24-16-33(2)17-25-41)44-12-6-8-36(46(44)49)30-37-9-5-10-38-31-39-11-7-13-45(48(39)50-47(37)38)52(42-26-18-34(3)19-27-42)43-28-20-35(4)21-29-43/h6-8,11-29,37-38,47,49H,5,9-10,30-31H2,1-4H3. The van der Waals surface area contributed by atoms with Crippen LogP contribution in [0.4, 0.5) is 0 Å². The minimum absolute atomic E-state index is 0.119. The number of para-hydroxylation sites is 2. The van der Waals surface area contributed by atoms with Crippen molar-refractivity contribution in [2.45, 2.75) is 65.9 Å². The fraction of sp³-hybridized carbons (Fsp3) is 0.250. The molecule has 1 aliphatic heterocycles. The zero-order chi connectivity index (χ0) is 35.8. The van der Waals surface area contributed by atoms with Crippen LogP contribution in [0.25, 0.3) is 0 Å². The largest absolute Gasteiger partial charge is 0.507 e. The lowest BCUT2D eigenvalue weighted by molar-refractivity contribution is 0.0253. The summed E-state index contributed by atoms with van der Waals surface area (Å²) in [6.07, 6.45) is 5.48. The number of ether oxygens (including phenoxy) is 1. The highest BCUT2D eigenvalue weighted by Crippen LogP contribution is 2.46. The van der Waals surface area contributed by atoms with Crippen LogP contribution in [0.1, 0.15) is 52.6 Å². The Morgan fingerprint density at radius 1 is 0.558 bits per heavy atom. The maximum atomic E-state index is 12.2. The average Bonchev–Trinajstić information content (AvgIpc) is 3.16. The van der Waals surface area contributed by atoms with Crippen LogP contribution in [-0.2, 0) is 12.8 Å². The van der Waals surface area contributed by atoms with Crippen LogP contribution in [0.2, 0.25) is 0 Å². The SMILES string of the molecule is Cc1ccc(P(c2ccc(C)cc2)c2cccc(CC3CCCC4Cc5cccc(P(c6ccc(C)cc6)c6ccc(C)cc6)c5OC34)c2O)cc1. The molecule has 262 valence electrons. The molecule has 0 spiro atoms. The first-order valence-electron chi connectivity index (χ1n) is 18.8. The van der Waals surface area contributed by atoms with Gasteiger partial charge < -0.3 is 9.84 Å². The predicted molar refractivity (Wildman–Crippen MR) is 224 cm³/mol. The molecule has 3 unspecified atom stereocenters. The maximum absolute atomic E-state index is 12.2. The Bertz CT molecular complexity index is 2060. The van der Waals surface area contributed by atoms with Gasteiger partial charge in [-0.25, -0.2) is 0 Å². The summed E-state index contributed by atoms with van der Waals surface area (Å²) in [6.45, 7) is 8.59. The molecule has 6 aromatic carbocycles. The number of aryl methyl sites for hydroxylation is 4. The molecule has 2 nitrogen and oxygen atoms in total. The highest BCUT2D eigenvalue weighted by molar-refractivity contribution is 7.80. The van der Waals surface area contributed by atoms with Crippen molar-refractivity contribution in [2.24, 2.45) is 11.8 Å². The highest BCUT2D eigenvalue weighted by Gasteiger charge is 2.40. The first kappa shape index (κ1) is 34.8. The van der Waals surface area contributed by atoms with E-state index < -0.39 is 15.8 Å². The summed E-state index contributed by atoms with van der Waals surface area (Å²) >= 11 is 0. The van der Waals surface area contributed by atoms with Crippen LogP contribution in [0.3, 0.4) is 0 Å². The number of rotatable bonds is 8. The third-order valence-corrected chi connectivity index (χ3v) is 16.1. The molecule has 0 radical (unpaired) electrons. The number of aromatic hydroxyl groups is 1. The van der Waals surface area contributed by atoms with E-state index in [1.807, 2.05) is 0 Å². The molecular formula is C48H48O2P2. The monoisotopic (exact) mass is 718 g/mol. The molecule has 1 aliphatic carbocycles. The summed E-state index contributed by atoms with van der Waals surface area (Å²) in [6, 6.07) is 49.3. The van der Waals surface area contributed by atoms with Crippen molar-refractivity contribution >= 4 is 47.7 Å². The highest BCUT2D eigenvalue weighted by atomic mass is 31.1. The van der Waals surface area contributed by atoms with Gasteiger partial charge in [-0.15, -0.1) is 0 Å². The first-order valence-corrected chi connectivity index (χ1v) is 21.5. The number of hydrogen-bond donors (Lipinski definition) is 1. The molecule has 1 saturated carbocycles. The lowest BCUT2D eigenvalue weighted by Gasteiger charge is -2.43. The molecule has 52 heavy (non-hydrogen) atoms. The lowest BCUT2D eigenvalue weighted by Crippen LogP contribution is -2.44. The number of benzene rings is 6. The first-order chi connectivity index (χ1) is 25.3. The smallest absolute Gasteiger partial charge is 0.131 e. The van der Waals surface area contributed by atoms with Gasteiger partial charge in [-0.3, -0.25) is 0 Å². The van der Waals surface area contributed by atoms with Crippen LogP contribution in [-0.4, -0.2) is 11.2 Å². The Kier molecular flexibility index (Phi) is 10.1. The summed E-state index contributed by atoms with van der Waals surface area (Å²) in [5.74, 6) is 2.37. The second-order valence-electron chi connectivity index (χ2n) is 15.0. The van der Waals surface area contributed by atoms with Crippen LogP contribution in [0.5, 0.6) is 11.5 Å². The van der Waals surface area contributed by atoms with Crippen LogP contribution < -0.4 is 36.6 Å². The third kappa shape index (κ3) is 7.09. The molecule has 2 aliphatic rings. The van der Waals surface area contributed by atoms with Crippen LogP contribution >= 0.6 is 15.8 Å². The van der Waals surface area contributed by atoms with E-state index in [-0.39, 0.29) is 6.10 Å². The van der Waals surface area contributed by atoms with E-state index >= 15 is 0 Å². The second kappa shape index (κ2) is 15.0. The van der Waals surface area contributed by atoms with Gasteiger partial charge in [0, 0.05) is 22.4 Å². The summed E-state index contributed by atoms with van der Waals surface area (Å²) in [7, 11) is -1.72. The van der Waals surface area contributed by atoms with Gasteiger partial charge in [-0.05, 0) is 102 Å². The summed E-state index contributed by atoms with van der Waals surface area (Å²) in [5, 5.41) is 19.7. The average molecular weight is 719 g/mol. The lowest BCUT2D eigenvalue weighted by atomic mass is 9.72. The molecule has 0 aromatic heterocycles. The van der Waals surface area contributed by atoms with E-state index in [0.717, 1.165) is 35.9 Å². The molecule has 4 heteroatoms. The minimum atomic E-state index is -0.921. The van der Waals surface area contributed by atoms with Gasteiger partial charge in [0.1, 0.15) is 17.6 Å². The summed E-state index contributed by atoms with van der Waals surface area (Å²) in [4.78, 5) is 0. The molecule has 0 amide bonds. The summed E-state index contributed by atoms with van der Waals surface area (Å²) in [5.41, 5.74) is 7.43. The van der Waals surface area contributed by atoms with Crippen molar-refractivity contribution in [1.82, 2.24) is 0 Å². The molecule has 0 bridgehead atoms. The maximum Gasteiger partial charge on any atom is 0.131 e. The minimum Gasteiger partial charge on any atom is -0.507 e. The van der Waals surface area contributed by atoms with Crippen molar-refractivity contribution in [1.29, 1.82) is 0 Å². The number of fused-ring (bicyclic) bond motifs is 2. The van der Waals surface area contributed by atoms with Crippen molar-refractivity contribution in [3.05, 3.63) is 167 Å². The fourth-order valence-electron chi connectivity index (χ4n) is 8.28. The zero-order valence-electron chi connectivity index (χ0n) is 30.7. The normalized spacial score (nSPS) is 18.2. The molecule has 1 fully saturated rings. The number of hydrogen-bond acceptors (Lipinski definition) is 2. The van der Waals surface area contributed by atoms with Crippen LogP contribution in [0.15, 0.2) is 133 Å². The van der Waals surface area contributed by atoms with Crippen LogP contribution in [0, 0.1) is 39.5 Å². The Balaban J connectivity index is 1.14. The third-order valence-electron chi connectivity index (χ3n) is 11.1. The van der Waals surface area contributed by atoms with Gasteiger partial charge in [0.25, 0.3) is 0 Å². The van der Waals surface area contributed by atoms with Gasteiger partial charge in [0.2, 0.25) is 0 Å². The van der Waals surface area contributed by atoms with Crippen molar-refractivity contribution in [3.8, 4) is 11.5 Å². The van der Waals surface area contributed by atoms with Crippen molar-refractivity contribution in [2.75, 3.05) is 0 Å². The van der Waals surface area contributed by atoms with Crippen molar-refractivity contribution < 1.29 is 9.84 Å². The molecule has 6 aromatic rings. The van der Waals surface area contributed by atoms with Gasteiger partial charge in [0.15, 0.2) is 0 Å². The molecule has 3 atom stereocenters.